The van der Waals surface area contributed by atoms with Crippen LogP contribution in [0.4, 0.5) is 0 Å². The topological polar surface area (TPSA) is 72.1 Å². The van der Waals surface area contributed by atoms with Gasteiger partial charge in [0.05, 0.1) is 20.3 Å². The Morgan fingerprint density at radius 3 is 2.67 bits per heavy atom. The summed E-state index contributed by atoms with van der Waals surface area (Å²) in [5.74, 6) is 1.56. The standard InChI is InChI=1S/C26H25NO5S/c1-15-20(28)7-6-18-17(12-24(29)32-26(15)18)14-27-9-8-16-11-21(30-2)22(31-3)13-19(16)25(27)23-5-4-10-33-23/h4-7,10-13,25,28H,8-9,14H2,1-3H3. The smallest absolute Gasteiger partial charge is 0.336 e. The number of thiophene rings is 1. The minimum Gasteiger partial charge on any atom is -0.508 e. The molecule has 0 amide bonds. The molecule has 0 aliphatic carbocycles. The maximum atomic E-state index is 12.4. The molecule has 2 aromatic heterocycles. The zero-order valence-corrected chi connectivity index (χ0v) is 19.6. The van der Waals surface area contributed by atoms with Gasteiger partial charge >= 0.3 is 5.63 Å². The number of fused-ring (bicyclic) bond motifs is 2. The van der Waals surface area contributed by atoms with E-state index in [0.717, 1.165) is 29.7 Å². The Labute approximate surface area is 195 Å². The van der Waals surface area contributed by atoms with E-state index in [-0.39, 0.29) is 11.8 Å². The number of phenols is 1. The first-order chi connectivity index (χ1) is 16.0. The Bertz CT molecular complexity index is 1380. The van der Waals surface area contributed by atoms with E-state index in [1.165, 1.54) is 16.0 Å². The van der Waals surface area contributed by atoms with Crippen LogP contribution in [0.2, 0.25) is 0 Å². The summed E-state index contributed by atoms with van der Waals surface area (Å²) in [6.07, 6.45) is 0.858. The van der Waals surface area contributed by atoms with E-state index in [2.05, 4.69) is 34.5 Å². The monoisotopic (exact) mass is 463 g/mol. The van der Waals surface area contributed by atoms with Gasteiger partial charge in [0.1, 0.15) is 11.3 Å². The molecule has 33 heavy (non-hydrogen) atoms. The largest absolute Gasteiger partial charge is 0.508 e. The quantitative estimate of drug-likeness (QED) is 0.419. The summed E-state index contributed by atoms with van der Waals surface area (Å²) >= 11 is 1.71. The van der Waals surface area contributed by atoms with E-state index in [0.29, 0.717) is 23.4 Å². The summed E-state index contributed by atoms with van der Waals surface area (Å²) in [6.45, 7) is 3.15. The van der Waals surface area contributed by atoms with Crippen molar-refractivity contribution in [2.24, 2.45) is 0 Å². The molecule has 1 aliphatic rings. The number of ether oxygens (including phenoxy) is 2. The van der Waals surface area contributed by atoms with Crippen LogP contribution in [0.25, 0.3) is 11.0 Å². The molecule has 0 spiro atoms. The summed E-state index contributed by atoms with van der Waals surface area (Å²) in [4.78, 5) is 16.0. The van der Waals surface area contributed by atoms with Gasteiger partial charge < -0.3 is 19.0 Å². The molecule has 5 rings (SSSR count). The maximum Gasteiger partial charge on any atom is 0.336 e. The first kappa shape index (κ1) is 21.6. The predicted octanol–water partition coefficient (Wildman–Crippen LogP) is 5.03. The van der Waals surface area contributed by atoms with Crippen molar-refractivity contribution in [2.45, 2.75) is 25.9 Å². The van der Waals surface area contributed by atoms with E-state index in [9.17, 15) is 9.90 Å². The van der Waals surface area contributed by atoms with Crippen LogP contribution in [0, 0.1) is 6.92 Å². The minimum atomic E-state index is -0.414. The lowest BCUT2D eigenvalue weighted by Gasteiger charge is -2.37. The fraction of sp³-hybridized carbons (Fsp3) is 0.269. The van der Waals surface area contributed by atoms with Crippen LogP contribution in [0.3, 0.4) is 0 Å². The molecule has 4 aromatic rings. The van der Waals surface area contributed by atoms with Crippen LogP contribution >= 0.6 is 11.3 Å². The van der Waals surface area contributed by atoms with Crippen molar-refractivity contribution in [3.05, 3.63) is 85.4 Å². The third-order valence-corrected chi connectivity index (χ3v) is 7.30. The third-order valence-electron chi connectivity index (χ3n) is 6.38. The maximum absolute atomic E-state index is 12.4. The van der Waals surface area contributed by atoms with Crippen molar-refractivity contribution in [1.82, 2.24) is 4.90 Å². The summed E-state index contributed by atoms with van der Waals surface area (Å²) in [5.41, 5.74) is 3.90. The number of phenolic OH excluding ortho intramolecular Hbond substituents is 1. The summed E-state index contributed by atoms with van der Waals surface area (Å²) in [6, 6.07) is 13.4. The van der Waals surface area contributed by atoms with Crippen LogP contribution in [0.1, 0.15) is 33.2 Å². The number of methoxy groups -OCH3 is 2. The average Bonchev–Trinajstić information content (AvgIpc) is 3.35. The third kappa shape index (κ3) is 3.77. The van der Waals surface area contributed by atoms with Crippen LogP contribution < -0.4 is 15.1 Å². The number of aromatic hydroxyl groups is 1. The van der Waals surface area contributed by atoms with Crippen molar-refractivity contribution < 1.29 is 19.0 Å². The van der Waals surface area contributed by atoms with Crippen LogP contribution in [0.15, 0.2) is 57.1 Å². The van der Waals surface area contributed by atoms with Crippen molar-refractivity contribution in [2.75, 3.05) is 20.8 Å². The summed E-state index contributed by atoms with van der Waals surface area (Å²) in [7, 11) is 3.31. The molecule has 2 aromatic carbocycles. The fourth-order valence-corrected chi connectivity index (χ4v) is 5.59. The molecule has 0 saturated heterocycles. The number of aryl methyl sites for hydroxylation is 1. The zero-order chi connectivity index (χ0) is 23.1. The summed E-state index contributed by atoms with van der Waals surface area (Å²) in [5, 5.41) is 13.0. The molecule has 1 atom stereocenters. The van der Waals surface area contributed by atoms with Gasteiger partial charge in [-0.3, -0.25) is 4.90 Å². The number of rotatable bonds is 5. The number of benzene rings is 2. The molecule has 1 aliphatic heterocycles. The van der Waals surface area contributed by atoms with Crippen molar-refractivity contribution in [3.63, 3.8) is 0 Å². The molecule has 3 heterocycles. The van der Waals surface area contributed by atoms with Crippen LogP contribution in [0.5, 0.6) is 17.2 Å². The molecular formula is C26H25NO5S. The van der Waals surface area contributed by atoms with Gasteiger partial charge in [-0.25, -0.2) is 4.79 Å². The van der Waals surface area contributed by atoms with Gasteiger partial charge in [-0.2, -0.15) is 0 Å². The van der Waals surface area contributed by atoms with E-state index in [1.54, 1.807) is 44.6 Å². The highest BCUT2D eigenvalue weighted by atomic mass is 32.1. The number of hydrogen-bond acceptors (Lipinski definition) is 7. The molecule has 0 bridgehead atoms. The second kappa shape index (κ2) is 8.57. The highest BCUT2D eigenvalue weighted by Gasteiger charge is 2.31. The molecular weight excluding hydrogens is 438 g/mol. The Morgan fingerprint density at radius 1 is 1.15 bits per heavy atom. The van der Waals surface area contributed by atoms with E-state index >= 15 is 0 Å². The Kier molecular flexibility index (Phi) is 5.60. The van der Waals surface area contributed by atoms with E-state index < -0.39 is 5.63 Å². The highest BCUT2D eigenvalue weighted by Crippen LogP contribution is 2.43. The number of hydrogen-bond donors (Lipinski definition) is 1. The Morgan fingerprint density at radius 2 is 1.94 bits per heavy atom. The molecule has 0 radical (unpaired) electrons. The van der Waals surface area contributed by atoms with Gasteiger partial charge in [-0.1, -0.05) is 6.07 Å². The van der Waals surface area contributed by atoms with Crippen molar-refractivity contribution in [3.8, 4) is 17.2 Å². The fourth-order valence-electron chi connectivity index (χ4n) is 4.71. The SMILES string of the molecule is COc1cc2c(cc1OC)C(c1cccs1)N(Cc1cc(=O)oc3c(C)c(O)ccc13)CC2. The second-order valence-corrected chi connectivity index (χ2v) is 9.20. The highest BCUT2D eigenvalue weighted by molar-refractivity contribution is 7.10. The Balaban J connectivity index is 1.62. The molecule has 1 N–H and O–H groups in total. The first-order valence-corrected chi connectivity index (χ1v) is 11.7. The van der Waals surface area contributed by atoms with E-state index in [4.69, 9.17) is 13.9 Å². The van der Waals surface area contributed by atoms with Crippen LogP contribution in [-0.4, -0.2) is 30.8 Å². The molecule has 170 valence electrons. The van der Waals surface area contributed by atoms with Crippen molar-refractivity contribution >= 4 is 22.3 Å². The minimum absolute atomic E-state index is 0.0223. The normalized spacial score (nSPS) is 16.0. The first-order valence-electron chi connectivity index (χ1n) is 10.8. The molecule has 1 unspecified atom stereocenters. The second-order valence-electron chi connectivity index (χ2n) is 8.22. The average molecular weight is 464 g/mol. The Hall–Kier alpha value is -3.29. The summed E-state index contributed by atoms with van der Waals surface area (Å²) < 4.78 is 16.6. The van der Waals surface area contributed by atoms with Gasteiger partial charge in [0.25, 0.3) is 0 Å². The van der Waals surface area contributed by atoms with Gasteiger partial charge in [0.2, 0.25) is 0 Å². The van der Waals surface area contributed by atoms with Gasteiger partial charge in [0, 0.05) is 35.0 Å². The van der Waals surface area contributed by atoms with Gasteiger partial charge in [-0.15, -0.1) is 11.3 Å². The lowest BCUT2D eigenvalue weighted by Crippen LogP contribution is -2.35. The lowest BCUT2D eigenvalue weighted by atomic mass is 9.90. The number of nitrogens with zero attached hydrogens (tertiary/aromatic N) is 1. The van der Waals surface area contributed by atoms with Crippen LogP contribution in [-0.2, 0) is 13.0 Å². The van der Waals surface area contributed by atoms with E-state index in [1.807, 2.05) is 6.07 Å². The van der Waals surface area contributed by atoms with Gasteiger partial charge in [-0.05, 0) is 65.7 Å². The van der Waals surface area contributed by atoms with Gasteiger partial charge in [0.15, 0.2) is 11.5 Å². The molecule has 6 nitrogen and oxygen atoms in total. The molecule has 0 fully saturated rings. The molecule has 0 saturated carbocycles. The predicted molar refractivity (Wildman–Crippen MR) is 129 cm³/mol. The van der Waals surface area contributed by atoms with Crippen molar-refractivity contribution in [1.29, 1.82) is 0 Å². The zero-order valence-electron chi connectivity index (χ0n) is 18.8. The molecule has 7 heteroatoms. The lowest BCUT2D eigenvalue weighted by molar-refractivity contribution is 0.206.